The maximum atomic E-state index is 13.2. The van der Waals surface area contributed by atoms with Gasteiger partial charge in [-0.3, -0.25) is 37.3 Å². The molecule has 0 aromatic carbocycles. The smallest absolute Gasteiger partial charge is 0.462 e. The summed E-state index contributed by atoms with van der Waals surface area (Å²) in [6, 6.07) is 0. The van der Waals surface area contributed by atoms with Crippen molar-refractivity contribution in [1.82, 2.24) is 0 Å². The van der Waals surface area contributed by atoms with Crippen molar-refractivity contribution in [1.29, 1.82) is 0 Å². The summed E-state index contributed by atoms with van der Waals surface area (Å²) in [4.78, 5) is 73.2. The largest absolute Gasteiger partial charge is 0.472 e. The number of rotatable bonds is 87. The van der Waals surface area contributed by atoms with Crippen molar-refractivity contribution in [2.24, 2.45) is 5.92 Å². The van der Waals surface area contributed by atoms with E-state index in [-0.39, 0.29) is 25.7 Å². The van der Waals surface area contributed by atoms with Crippen LogP contribution in [0.4, 0.5) is 0 Å². The Kier molecular flexibility index (Phi) is 78.2. The zero-order valence-corrected chi connectivity index (χ0v) is 71.4. The lowest BCUT2D eigenvalue weighted by molar-refractivity contribution is -0.161. The van der Waals surface area contributed by atoms with E-state index in [0.717, 1.165) is 95.8 Å². The molecule has 0 aliphatic carbocycles. The Labute approximate surface area is 651 Å². The van der Waals surface area contributed by atoms with E-state index in [9.17, 15) is 43.2 Å². The molecule has 3 N–H and O–H groups in total. The summed E-state index contributed by atoms with van der Waals surface area (Å²) in [5.41, 5.74) is 0. The maximum absolute atomic E-state index is 13.2. The van der Waals surface area contributed by atoms with Crippen molar-refractivity contribution < 1.29 is 80.2 Å². The van der Waals surface area contributed by atoms with Crippen LogP contribution in [0.2, 0.25) is 0 Å². The van der Waals surface area contributed by atoms with Gasteiger partial charge < -0.3 is 33.8 Å². The summed E-state index contributed by atoms with van der Waals surface area (Å²) in [5.74, 6) is -1.25. The number of esters is 4. The molecule has 0 aliphatic heterocycles. The first-order valence-electron chi connectivity index (χ1n) is 45.2. The third kappa shape index (κ3) is 78.7. The van der Waals surface area contributed by atoms with Gasteiger partial charge in [-0.05, 0) is 31.6 Å². The average Bonchev–Trinajstić information content (AvgIpc) is 0.985. The van der Waals surface area contributed by atoms with E-state index in [1.807, 2.05) is 0 Å². The molecule has 630 valence electrons. The molecule has 0 aliphatic rings. The Morgan fingerprint density at radius 3 is 0.670 bits per heavy atom. The molecule has 0 saturated heterocycles. The molecule has 0 amide bonds. The molecular weight excluding hydrogens is 1380 g/mol. The van der Waals surface area contributed by atoms with Crippen LogP contribution in [-0.2, 0) is 65.4 Å². The fourth-order valence-corrected chi connectivity index (χ4v) is 15.2. The number of aliphatic hydroxyl groups excluding tert-OH is 1. The van der Waals surface area contributed by atoms with Gasteiger partial charge in [-0.25, -0.2) is 9.13 Å². The summed E-state index contributed by atoms with van der Waals surface area (Å²) >= 11 is 0. The van der Waals surface area contributed by atoms with Crippen LogP contribution in [0.1, 0.15) is 471 Å². The van der Waals surface area contributed by atoms with Gasteiger partial charge in [0.25, 0.3) is 0 Å². The molecule has 0 radical (unpaired) electrons. The molecule has 3 unspecified atom stereocenters. The molecule has 17 nitrogen and oxygen atoms in total. The Morgan fingerprint density at radius 1 is 0.264 bits per heavy atom. The molecule has 0 heterocycles. The highest BCUT2D eigenvalue weighted by Gasteiger charge is 2.30. The number of carbonyl (C=O) groups is 4. The van der Waals surface area contributed by atoms with Crippen molar-refractivity contribution in [3.8, 4) is 0 Å². The SMILES string of the molecule is CCCCCCCCCCCCCCCCCCCCCCCC(=O)O[C@H](COC(=O)CCCCCCCCCCCCCCCCC(C)CC)COP(=O)(O)OC[C@@H](O)COP(=O)(O)OC[C@@H](COC(=O)CCCCCCCCCCC)OC(=O)CCCCCCCCCCCCCCCCCCCC. The molecule has 6 atom stereocenters. The number of phosphoric acid groups is 2. The summed E-state index contributed by atoms with van der Waals surface area (Å²) in [6.45, 7) is 7.41. The van der Waals surface area contributed by atoms with Crippen molar-refractivity contribution >= 4 is 39.5 Å². The maximum Gasteiger partial charge on any atom is 0.472 e. The van der Waals surface area contributed by atoms with Crippen LogP contribution >= 0.6 is 15.6 Å². The molecule has 0 aromatic heterocycles. The van der Waals surface area contributed by atoms with Gasteiger partial charge in [0.2, 0.25) is 0 Å². The van der Waals surface area contributed by atoms with Gasteiger partial charge in [0, 0.05) is 25.7 Å². The number of hydrogen-bond acceptors (Lipinski definition) is 15. The standard InChI is InChI=1S/C87H170O17P2/c1-6-10-13-16-19-22-24-26-28-30-32-33-34-36-38-44-48-53-58-63-68-73-87(92)104-83(77-98-85(90)71-66-61-56-51-46-42-40-39-41-45-50-54-59-64-69-80(5)9-4)79-102-106(95,96)100-75-81(88)74-99-105(93,94)101-78-82(76-97-84(89)70-65-60-55-49-21-18-15-12-8-3)103-86(91)72-67-62-57-52-47-43-37-35-31-29-27-25-23-20-17-14-11-7-2/h80-83,88H,6-79H2,1-5H3,(H,93,94)(H,95,96)/t80?,81-,82+,83+/m0/s1. The minimum absolute atomic E-state index is 0.109. The predicted molar refractivity (Wildman–Crippen MR) is 437 cm³/mol. The zero-order valence-electron chi connectivity index (χ0n) is 69.6. The lowest BCUT2D eigenvalue weighted by Crippen LogP contribution is -2.30. The van der Waals surface area contributed by atoms with Crippen molar-refractivity contribution in [3.05, 3.63) is 0 Å². The summed E-state index contributed by atoms with van der Waals surface area (Å²) < 4.78 is 68.9. The number of ether oxygens (including phenoxy) is 4. The molecule has 19 heteroatoms. The molecule has 0 saturated carbocycles. The van der Waals surface area contributed by atoms with Gasteiger partial charge in [-0.15, -0.1) is 0 Å². The van der Waals surface area contributed by atoms with Crippen molar-refractivity contribution in [3.63, 3.8) is 0 Å². The van der Waals surface area contributed by atoms with Gasteiger partial charge in [-0.2, -0.15) is 0 Å². The quantitative estimate of drug-likeness (QED) is 0.0222. The highest BCUT2D eigenvalue weighted by atomic mass is 31.2. The second-order valence-electron chi connectivity index (χ2n) is 31.5. The fourth-order valence-electron chi connectivity index (χ4n) is 13.6. The van der Waals surface area contributed by atoms with E-state index >= 15 is 0 Å². The molecule has 106 heavy (non-hydrogen) atoms. The van der Waals surface area contributed by atoms with Gasteiger partial charge in [0.05, 0.1) is 26.4 Å². The molecule has 0 rings (SSSR count). The Bertz CT molecular complexity index is 2020. The second-order valence-corrected chi connectivity index (χ2v) is 34.4. The topological polar surface area (TPSA) is 237 Å². The molecular formula is C87H170O17P2. The number of hydrogen-bond donors (Lipinski definition) is 3. The molecule has 0 spiro atoms. The van der Waals surface area contributed by atoms with Gasteiger partial charge in [0.15, 0.2) is 12.2 Å². The monoisotopic (exact) mass is 1550 g/mol. The Morgan fingerprint density at radius 2 is 0.453 bits per heavy atom. The highest BCUT2D eigenvalue weighted by molar-refractivity contribution is 7.47. The molecule has 0 aromatic rings. The first-order valence-corrected chi connectivity index (χ1v) is 48.2. The van der Waals surface area contributed by atoms with Crippen LogP contribution in [0.25, 0.3) is 0 Å². The first-order chi connectivity index (χ1) is 51.6. The van der Waals surface area contributed by atoms with Crippen LogP contribution in [0, 0.1) is 5.92 Å². The fraction of sp³-hybridized carbons (Fsp3) is 0.954. The lowest BCUT2D eigenvalue weighted by atomic mass is 9.99. The summed E-state index contributed by atoms with van der Waals surface area (Å²) in [6.07, 6.45) is 73.6. The normalized spacial score (nSPS) is 14.0. The third-order valence-corrected chi connectivity index (χ3v) is 22.8. The minimum atomic E-state index is -4.97. The Hall–Kier alpha value is -1.94. The molecule has 0 bridgehead atoms. The molecule has 0 fully saturated rings. The van der Waals surface area contributed by atoms with E-state index in [1.54, 1.807) is 0 Å². The van der Waals surface area contributed by atoms with Gasteiger partial charge >= 0.3 is 39.5 Å². The number of unbranched alkanes of at least 4 members (excludes halogenated alkanes) is 58. The van der Waals surface area contributed by atoms with Crippen LogP contribution < -0.4 is 0 Å². The predicted octanol–water partition coefficient (Wildman–Crippen LogP) is 26.8. The summed E-state index contributed by atoms with van der Waals surface area (Å²) in [7, 11) is -9.93. The minimum Gasteiger partial charge on any atom is -0.462 e. The second kappa shape index (κ2) is 79.7. The Balaban J connectivity index is 5.20. The van der Waals surface area contributed by atoms with Crippen LogP contribution in [0.5, 0.6) is 0 Å². The lowest BCUT2D eigenvalue weighted by Gasteiger charge is -2.21. The zero-order chi connectivity index (χ0) is 77.6. The third-order valence-electron chi connectivity index (χ3n) is 20.9. The summed E-state index contributed by atoms with van der Waals surface area (Å²) in [5, 5.41) is 10.7. The van der Waals surface area contributed by atoms with Crippen LogP contribution in [0.3, 0.4) is 0 Å². The van der Waals surface area contributed by atoms with Gasteiger partial charge in [0.1, 0.15) is 19.3 Å². The van der Waals surface area contributed by atoms with E-state index in [0.29, 0.717) is 25.7 Å². The first kappa shape index (κ1) is 104. The van der Waals surface area contributed by atoms with E-state index < -0.39 is 97.5 Å². The van der Waals surface area contributed by atoms with Crippen molar-refractivity contribution in [2.75, 3.05) is 39.6 Å². The number of carbonyl (C=O) groups excluding carboxylic acids is 4. The van der Waals surface area contributed by atoms with Gasteiger partial charge in [-0.1, -0.05) is 420 Å². The van der Waals surface area contributed by atoms with Crippen LogP contribution in [-0.4, -0.2) is 96.7 Å². The van der Waals surface area contributed by atoms with Crippen LogP contribution in [0.15, 0.2) is 0 Å². The van der Waals surface area contributed by atoms with E-state index in [2.05, 4.69) is 34.6 Å². The van der Waals surface area contributed by atoms with Crippen molar-refractivity contribution in [2.45, 2.75) is 490 Å². The van der Waals surface area contributed by atoms with E-state index in [4.69, 9.17) is 37.0 Å². The number of phosphoric ester groups is 2. The highest BCUT2D eigenvalue weighted by Crippen LogP contribution is 2.45. The van der Waals surface area contributed by atoms with E-state index in [1.165, 1.54) is 295 Å². The average molecular weight is 1550 g/mol. The number of aliphatic hydroxyl groups is 1.